The zero-order chi connectivity index (χ0) is 8.23. The topological polar surface area (TPSA) is 0 Å². The second-order valence-electron chi connectivity index (χ2n) is 3.61. The largest absolute Gasteiger partial charge is 0.0836 e. The molecule has 0 heterocycles. The highest BCUT2D eigenvalue weighted by Crippen LogP contribution is 2.26. The van der Waals surface area contributed by atoms with Gasteiger partial charge >= 0.3 is 0 Å². The van der Waals surface area contributed by atoms with Crippen molar-refractivity contribution in [2.45, 2.75) is 38.5 Å². The standard InChI is InChI=1S/C12H16/c1-3-7-11(8-4-1)12-9-5-2-6-10-12/h3,7-9H,1-2,4-6,10H2. The van der Waals surface area contributed by atoms with Gasteiger partial charge in [0.25, 0.3) is 0 Å². The van der Waals surface area contributed by atoms with E-state index in [1.54, 1.807) is 5.57 Å². The molecule has 0 aliphatic heterocycles. The van der Waals surface area contributed by atoms with Crippen LogP contribution in [0.3, 0.4) is 0 Å². The normalized spacial score (nSPS) is 23.3. The summed E-state index contributed by atoms with van der Waals surface area (Å²) in [5, 5.41) is 0. The van der Waals surface area contributed by atoms with Gasteiger partial charge in [-0.1, -0.05) is 24.3 Å². The van der Waals surface area contributed by atoms with Crippen LogP contribution in [0.25, 0.3) is 0 Å². The minimum Gasteiger partial charge on any atom is -0.0836 e. The number of hydrogen-bond acceptors (Lipinski definition) is 0. The molecule has 0 N–H and O–H groups in total. The molecule has 0 bridgehead atoms. The zero-order valence-electron chi connectivity index (χ0n) is 7.55. The second-order valence-corrected chi connectivity index (χ2v) is 3.61. The highest BCUT2D eigenvalue weighted by atomic mass is 14.1. The molecule has 0 heteroatoms. The Balaban J connectivity index is 2.12. The van der Waals surface area contributed by atoms with Gasteiger partial charge in [0.15, 0.2) is 0 Å². The fraction of sp³-hybridized carbons (Fsp3) is 0.500. The molecule has 0 amide bonds. The maximum atomic E-state index is 2.42. The zero-order valence-corrected chi connectivity index (χ0v) is 7.55. The third-order valence-electron chi connectivity index (χ3n) is 2.66. The van der Waals surface area contributed by atoms with Crippen LogP contribution in [-0.4, -0.2) is 0 Å². The van der Waals surface area contributed by atoms with Gasteiger partial charge in [-0.05, 0) is 49.7 Å². The molecule has 2 aliphatic carbocycles. The molecule has 12 heavy (non-hydrogen) atoms. The van der Waals surface area contributed by atoms with Crippen molar-refractivity contribution in [1.82, 2.24) is 0 Å². The lowest BCUT2D eigenvalue weighted by atomic mass is 9.91. The van der Waals surface area contributed by atoms with Gasteiger partial charge in [0.2, 0.25) is 0 Å². The highest BCUT2D eigenvalue weighted by molar-refractivity contribution is 5.41. The third-order valence-corrected chi connectivity index (χ3v) is 2.66. The van der Waals surface area contributed by atoms with Crippen LogP contribution in [0.1, 0.15) is 38.5 Å². The minimum atomic E-state index is 1.23. The summed E-state index contributed by atoms with van der Waals surface area (Å²) in [5.74, 6) is 0. The lowest BCUT2D eigenvalue weighted by Gasteiger charge is -2.15. The molecule has 2 rings (SSSR count). The number of allylic oxidation sites excluding steroid dienone is 6. The van der Waals surface area contributed by atoms with Gasteiger partial charge in [-0.3, -0.25) is 0 Å². The van der Waals surface area contributed by atoms with Crippen molar-refractivity contribution in [3.8, 4) is 0 Å². The fourth-order valence-corrected chi connectivity index (χ4v) is 1.95. The first-order valence-electron chi connectivity index (χ1n) is 5.03. The van der Waals surface area contributed by atoms with Gasteiger partial charge in [0.05, 0.1) is 0 Å². The predicted octanol–water partition coefficient (Wildman–Crippen LogP) is 3.76. The van der Waals surface area contributed by atoms with Crippen LogP contribution in [0, 0.1) is 0 Å². The third kappa shape index (κ3) is 1.69. The molecule has 0 aromatic carbocycles. The smallest absolute Gasteiger partial charge is 0.0271 e. The number of rotatable bonds is 1. The molecule has 0 saturated carbocycles. The van der Waals surface area contributed by atoms with Crippen LogP contribution in [0.15, 0.2) is 35.5 Å². The Bertz CT molecular complexity index is 241. The number of hydrogen-bond donors (Lipinski definition) is 0. The van der Waals surface area contributed by atoms with E-state index in [1.807, 2.05) is 0 Å². The predicted molar refractivity (Wildman–Crippen MR) is 53.0 cm³/mol. The van der Waals surface area contributed by atoms with E-state index in [1.165, 1.54) is 44.1 Å². The second kappa shape index (κ2) is 3.75. The van der Waals surface area contributed by atoms with E-state index in [0.717, 1.165) is 0 Å². The Morgan fingerprint density at radius 1 is 0.917 bits per heavy atom. The van der Waals surface area contributed by atoms with E-state index in [-0.39, 0.29) is 0 Å². The molecular formula is C12H16. The van der Waals surface area contributed by atoms with Crippen molar-refractivity contribution in [2.75, 3.05) is 0 Å². The SMILES string of the molecule is C1=CC(C2=CCCCC2)=CCC1. The maximum Gasteiger partial charge on any atom is -0.0271 e. The molecular weight excluding hydrogens is 144 g/mol. The molecule has 0 aromatic rings. The Kier molecular flexibility index (Phi) is 2.45. The fourth-order valence-electron chi connectivity index (χ4n) is 1.95. The summed E-state index contributed by atoms with van der Waals surface area (Å²) in [4.78, 5) is 0. The minimum absolute atomic E-state index is 1.23. The van der Waals surface area contributed by atoms with E-state index in [2.05, 4.69) is 24.3 Å². The summed E-state index contributed by atoms with van der Waals surface area (Å²) in [6.45, 7) is 0. The molecule has 0 aromatic heterocycles. The van der Waals surface area contributed by atoms with Crippen molar-refractivity contribution in [2.24, 2.45) is 0 Å². The van der Waals surface area contributed by atoms with Gasteiger partial charge in [-0.25, -0.2) is 0 Å². The van der Waals surface area contributed by atoms with Crippen LogP contribution >= 0.6 is 0 Å². The molecule has 0 fully saturated rings. The average Bonchev–Trinajstić information content (AvgIpc) is 2.21. The summed E-state index contributed by atoms with van der Waals surface area (Å²) >= 11 is 0. The molecule has 2 aliphatic rings. The monoisotopic (exact) mass is 160 g/mol. The van der Waals surface area contributed by atoms with E-state index >= 15 is 0 Å². The first kappa shape index (κ1) is 7.85. The van der Waals surface area contributed by atoms with Gasteiger partial charge < -0.3 is 0 Å². The van der Waals surface area contributed by atoms with Crippen LogP contribution in [0.2, 0.25) is 0 Å². The summed E-state index contributed by atoms with van der Waals surface area (Å²) in [5.41, 5.74) is 3.10. The van der Waals surface area contributed by atoms with Crippen LogP contribution < -0.4 is 0 Å². The van der Waals surface area contributed by atoms with E-state index in [4.69, 9.17) is 0 Å². The summed E-state index contributed by atoms with van der Waals surface area (Å²) in [6.07, 6.45) is 17.2. The first-order valence-corrected chi connectivity index (χ1v) is 5.03. The van der Waals surface area contributed by atoms with Crippen molar-refractivity contribution in [3.63, 3.8) is 0 Å². The summed E-state index contributed by atoms with van der Waals surface area (Å²) < 4.78 is 0. The lowest BCUT2D eigenvalue weighted by molar-refractivity contribution is 0.707. The van der Waals surface area contributed by atoms with Crippen LogP contribution in [-0.2, 0) is 0 Å². The Labute approximate surface area is 74.7 Å². The van der Waals surface area contributed by atoms with Crippen molar-refractivity contribution in [3.05, 3.63) is 35.5 Å². The Morgan fingerprint density at radius 2 is 1.92 bits per heavy atom. The quantitative estimate of drug-likeness (QED) is 0.548. The molecule has 0 atom stereocenters. The van der Waals surface area contributed by atoms with Crippen molar-refractivity contribution < 1.29 is 0 Å². The van der Waals surface area contributed by atoms with E-state index < -0.39 is 0 Å². The molecule has 0 unspecified atom stereocenters. The van der Waals surface area contributed by atoms with Crippen molar-refractivity contribution >= 4 is 0 Å². The van der Waals surface area contributed by atoms with E-state index in [9.17, 15) is 0 Å². The molecule has 0 spiro atoms. The van der Waals surface area contributed by atoms with Crippen LogP contribution in [0.4, 0.5) is 0 Å². The van der Waals surface area contributed by atoms with Gasteiger partial charge in [0, 0.05) is 0 Å². The molecule has 64 valence electrons. The summed E-state index contributed by atoms with van der Waals surface area (Å²) in [7, 11) is 0. The molecule has 0 saturated heterocycles. The Hall–Kier alpha value is -0.780. The first-order chi connectivity index (χ1) is 5.97. The molecule has 0 nitrogen and oxygen atoms in total. The van der Waals surface area contributed by atoms with E-state index in [0.29, 0.717) is 0 Å². The van der Waals surface area contributed by atoms with Gasteiger partial charge in [-0.15, -0.1) is 0 Å². The molecule has 0 radical (unpaired) electrons. The van der Waals surface area contributed by atoms with Crippen LogP contribution in [0.5, 0.6) is 0 Å². The van der Waals surface area contributed by atoms with Crippen molar-refractivity contribution in [1.29, 1.82) is 0 Å². The lowest BCUT2D eigenvalue weighted by Crippen LogP contribution is -1.95. The van der Waals surface area contributed by atoms with Gasteiger partial charge in [-0.2, -0.15) is 0 Å². The maximum absolute atomic E-state index is 2.42. The average molecular weight is 160 g/mol. The summed E-state index contributed by atoms with van der Waals surface area (Å²) in [6, 6.07) is 0. The highest BCUT2D eigenvalue weighted by Gasteiger charge is 2.07. The Morgan fingerprint density at radius 3 is 2.58 bits per heavy atom. The van der Waals surface area contributed by atoms with Gasteiger partial charge in [0.1, 0.15) is 0 Å².